The molecule has 1 fully saturated rings. The summed E-state index contributed by atoms with van der Waals surface area (Å²) in [5.41, 5.74) is -0.346. The van der Waals surface area contributed by atoms with E-state index >= 15 is 0 Å². The molecule has 1 saturated heterocycles. The van der Waals surface area contributed by atoms with Crippen molar-refractivity contribution in [2.24, 2.45) is 0 Å². The molecule has 0 bridgehead atoms. The van der Waals surface area contributed by atoms with Crippen LogP contribution in [0.4, 0.5) is 0 Å². The number of carbonyl (C=O) groups is 2. The zero-order chi connectivity index (χ0) is 23.0. The van der Waals surface area contributed by atoms with Crippen molar-refractivity contribution >= 4 is 20.0 Å². The third-order valence-electron chi connectivity index (χ3n) is 5.29. The maximum atomic E-state index is 12.7. The Morgan fingerprint density at radius 3 is 2.47 bits per heavy atom. The van der Waals surface area contributed by atoms with Crippen molar-refractivity contribution in [1.82, 2.24) is 14.6 Å². The fourth-order valence-electron chi connectivity index (χ4n) is 3.57. The highest BCUT2D eigenvalue weighted by molar-refractivity contribution is 7.51. The van der Waals surface area contributed by atoms with Crippen molar-refractivity contribution in [3.8, 4) is 0 Å². The third-order valence-corrected chi connectivity index (χ3v) is 6.28. The lowest BCUT2D eigenvalue weighted by molar-refractivity contribution is -0.153. The van der Waals surface area contributed by atoms with Gasteiger partial charge in [-0.1, -0.05) is 12.1 Å². The number of aliphatic hydroxyl groups is 1. The first-order valence-electron chi connectivity index (χ1n) is 9.87. The second kappa shape index (κ2) is 9.05. The van der Waals surface area contributed by atoms with Gasteiger partial charge in [-0.2, -0.15) is 0 Å². The van der Waals surface area contributed by atoms with Crippen LogP contribution >= 0.6 is 8.15 Å². The van der Waals surface area contributed by atoms with Crippen molar-refractivity contribution in [2.45, 2.75) is 31.8 Å². The molecule has 2 aliphatic rings. The Labute approximate surface area is 183 Å². The molecule has 0 radical (unpaired) electrons. The first-order valence-corrected chi connectivity index (χ1v) is 11.8. The van der Waals surface area contributed by atoms with Crippen LogP contribution in [0.15, 0.2) is 40.1 Å². The summed E-state index contributed by atoms with van der Waals surface area (Å²) >= 11 is 0. The predicted octanol–water partition coefficient (Wildman–Crippen LogP) is 0.722. The first-order chi connectivity index (χ1) is 15.3. The minimum atomic E-state index is -1.11. The number of nitrogens with zero attached hydrogens (tertiary/aromatic N) is 2. The van der Waals surface area contributed by atoms with Crippen LogP contribution in [0.2, 0.25) is 0 Å². The van der Waals surface area contributed by atoms with E-state index in [0.29, 0.717) is 10.6 Å². The first kappa shape index (κ1) is 22.5. The van der Waals surface area contributed by atoms with E-state index in [2.05, 4.69) is 4.98 Å². The summed E-state index contributed by atoms with van der Waals surface area (Å²) in [6, 6.07) is 6.40. The van der Waals surface area contributed by atoms with E-state index < -0.39 is 49.6 Å². The van der Waals surface area contributed by atoms with Crippen molar-refractivity contribution in [1.29, 1.82) is 0 Å². The molecule has 1 aromatic heterocycles. The Bertz CT molecular complexity index is 1130. The topological polar surface area (TPSA) is 140 Å². The molecule has 2 amide bonds. The average molecular weight is 463 g/mol. The number of aromatic nitrogens is 2. The van der Waals surface area contributed by atoms with E-state index in [1.165, 1.54) is 10.8 Å². The van der Waals surface area contributed by atoms with Gasteiger partial charge in [0.1, 0.15) is 18.4 Å². The molecule has 32 heavy (non-hydrogen) atoms. The number of rotatable bonds is 7. The summed E-state index contributed by atoms with van der Waals surface area (Å²) in [7, 11) is -1.11. The lowest BCUT2D eigenvalue weighted by Gasteiger charge is -2.23. The monoisotopic (exact) mass is 463 g/mol. The SMILES string of the molecule is Cc1cn([C@H]2C[C@@H](ON3C(=O)c4ccccc4C3=O)[C@@H](COP(C)CO)O2)c(=O)[nH]c1=O. The number of hydrogen-bond acceptors (Lipinski definition) is 8. The Morgan fingerprint density at radius 2 is 1.84 bits per heavy atom. The molecule has 4 rings (SSSR count). The number of aromatic amines is 1. The molecule has 12 heteroatoms. The van der Waals surface area contributed by atoms with Crippen molar-refractivity contribution < 1.29 is 28.8 Å². The summed E-state index contributed by atoms with van der Waals surface area (Å²) < 4.78 is 12.8. The quantitative estimate of drug-likeness (QED) is 0.452. The fraction of sp³-hybridized carbons (Fsp3) is 0.400. The van der Waals surface area contributed by atoms with Crippen molar-refractivity contribution in [2.75, 3.05) is 19.6 Å². The van der Waals surface area contributed by atoms with Gasteiger partial charge in [0.15, 0.2) is 0 Å². The molecule has 0 saturated carbocycles. The van der Waals surface area contributed by atoms with E-state index in [1.807, 2.05) is 0 Å². The van der Waals surface area contributed by atoms with Gasteiger partial charge in [0.25, 0.3) is 17.4 Å². The second-order valence-corrected chi connectivity index (χ2v) is 9.30. The number of hydrogen-bond donors (Lipinski definition) is 2. The van der Waals surface area contributed by atoms with Crippen LogP contribution in [0.5, 0.6) is 0 Å². The van der Waals surface area contributed by atoms with E-state index in [-0.39, 0.29) is 30.5 Å². The van der Waals surface area contributed by atoms with Gasteiger partial charge in [0, 0.05) is 18.2 Å². The van der Waals surface area contributed by atoms with Gasteiger partial charge < -0.3 is 14.4 Å². The largest absolute Gasteiger partial charge is 0.389 e. The lowest BCUT2D eigenvalue weighted by atomic mass is 10.1. The molecule has 2 N–H and O–H groups in total. The molecule has 0 spiro atoms. The van der Waals surface area contributed by atoms with Crippen LogP contribution in [0.25, 0.3) is 0 Å². The van der Waals surface area contributed by atoms with Crippen molar-refractivity contribution in [3.63, 3.8) is 0 Å². The zero-order valence-corrected chi connectivity index (χ0v) is 18.3. The zero-order valence-electron chi connectivity index (χ0n) is 17.4. The smallest absolute Gasteiger partial charge is 0.330 e. The van der Waals surface area contributed by atoms with Gasteiger partial charge in [-0.25, -0.2) is 4.79 Å². The fourth-order valence-corrected chi connectivity index (χ4v) is 4.06. The van der Waals surface area contributed by atoms with Crippen molar-refractivity contribution in [3.05, 3.63) is 68.0 Å². The number of ether oxygens (including phenoxy) is 1. The molecule has 2 aromatic rings. The Kier molecular flexibility index (Phi) is 6.36. The van der Waals surface area contributed by atoms with Crippen LogP contribution in [0.3, 0.4) is 0 Å². The van der Waals surface area contributed by atoms with E-state index in [4.69, 9.17) is 14.1 Å². The highest BCUT2D eigenvalue weighted by atomic mass is 31.1. The van der Waals surface area contributed by atoms with Crippen LogP contribution in [0.1, 0.15) is 38.9 Å². The summed E-state index contributed by atoms with van der Waals surface area (Å²) in [6.45, 7) is 3.31. The van der Waals surface area contributed by atoms with E-state index in [9.17, 15) is 24.3 Å². The second-order valence-electron chi connectivity index (χ2n) is 7.50. The number of nitrogens with one attached hydrogen (secondary N) is 1. The number of fused-ring (bicyclic) bond motifs is 1. The Morgan fingerprint density at radius 1 is 1.19 bits per heavy atom. The van der Waals surface area contributed by atoms with Gasteiger partial charge in [0.05, 0.1) is 32.2 Å². The van der Waals surface area contributed by atoms with Crippen LogP contribution in [0, 0.1) is 6.92 Å². The lowest BCUT2D eigenvalue weighted by Crippen LogP contribution is -2.39. The Balaban J connectivity index is 1.58. The highest BCUT2D eigenvalue weighted by Gasteiger charge is 2.44. The van der Waals surface area contributed by atoms with Gasteiger partial charge in [-0.05, 0) is 25.7 Å². The number of benzene rings is 1. The summed E-state index contributed by atoms with van der Waals surface area (Å²) in [6.07, 6.45) is -0.997. The maximum Gasteiger partial charge on any atom is 0.330 e. The van der Waals surface area contributed by atoms with Gasteiger partial charge >= 0.3 is 5.69 Å². The molecule has 2 aliphatic heterocycles. The minimum absolute atomic E-state index is 0.0180. The molecule has 4 atom stereocenters. The van der Waals surface area contributed by atoms with Gasteiger partial charge in [-0.3, -0.25) is 28.8 Å². The summed E-state index contributed by atoms with van der Waals surface area (Å²) in [5, 5.41) is 9.96. The van der Waals surface area contributed by atoms with Gasteiger partial charge in [0.2, 0.25) is 0 Å². The van der Waals surface area contributed by atoms with E-state index in [0.717, 1.165) is 0 Å². The summed E-state index contributed by atoms with van der Waals surface area (Å²) in [4.78, 5) is 57.4. The molecule has 170 valence electrons. The molecule has 11 nitrogen and oxygen atoms in total. The predicted molar refractivity (Wildman–Crippen MR) is 112 cm³/mol. The molecule has 1 aromatic carbocycles. The Hall–Kier alpha value is -2.69. The maximum absolute atomic E-state index is 12.7. The number of amides is 2. The number of imide groups is 1. The van der Waals surface area contributed by atoms with Crippen LogP contribution in [-0.4, -0.2) is 63.4 Å². The summed E-state index contributed by atoms with van der Waals surface area (Å²) in [5.74, 6) is -1.17. The molecule has 0 aliphatic carbocycles. The molecule has 3 heterocycles. The highest BCUT2D eigenvalue weighted by Crippen LogP contribution is 2.36. The molecular formula is C20H22N3O8P. The number of carbonyl (C=O) groups excluding carboxylic acids is 2. The third kappa shape index (κ3) is 4.17. The average Bonchev–Trinajstić information content (AvgIpc) is 3.29. The molecular weight excluding hydrogens is 441 g/mol. The number of H-pyrrole nitrogens is 1. The standard InChI is InChI=1S/C20H22N3O8P/c1-11-8-22(20(28)21-17(11)25)16-7-14(15(30-16)9-29-32(2)10-24)31-23-18(26)12-5-3-4-6-13(12)19(23)27/h3-6,8,14-16,24H,7,9-10H2,1-2H3,(H,21,25,28)/t14-,15-,16-,32?/m1/s1. The molecule has 1 unspecified atom stereocenters. The number of aryl methyl sites for hydroxylation is 1. The van der Waals surface area contributed by atoms with Gasteiger partial charge in [-0.15, -0.1) is 5.06 Å². The van der Waals surface area contributed by atoms with Crippen LogP contribution in [-0.2, 0) is 14.1 Å². The normalized spacial score (nSPS) is 23.6. The number of hydroxylamine groups is 2. The van der Waals surface area contributed by atoms with Crippen LogP contribution < -0.4 is 11.2 Å². The van der Waals surface area contributed by atoms with E-state index in [1.54, 1.807) is 37.9 Å². The minimum Gasteiger partial charge on any atom is -0.389 e. The number of aliphatic hydroxyl groups excluding tert-OH is 1.